The van der Waals surface area contributed by atoms with Gasteiger partial charge in [-0.3, -0.25) is 4.79 Å². The van der Waals surface area contributed by atoms with Gasteiger partial charge in [-0.25, -0.2) is 0 Å². The normalized spacial score (nSPS) is 22.7. The summed E-state index contributed by atoms with van der Waals surface area (Å²) in [5, 5.41) is 10.1. The Morgan fingerprint density at radius 3 is 2.50 bits per heavy atom. The van der Waals surface area contributed by atoms with E-state index in [1.165, 1.54) is 6.20 Å². The topological polar surface area (TPSA) is 67.2 Å². The van der Waals surface area contributed by atoms with Gasteiger partial charge < -0.3 is 15.2 Å². The van der Waals surface area contributed by atoms with Crippen LogP contribution >= 0.6 is 0 Å². The van der Waals surface area contributed by atoms with Crippen molar-refractivity contribution in [3.8, 4) is 0 Å². The van der Waals surface area contributed by atoms with Gasteiger partial charge in [0.05, 0.1) is 6.20 Å². The van der Waals surface area contributed by atoms with E-state index in [9.17, 15) is 4.79 Å². The molecule has 0 spiro atoms. The van der Waals surface area contributed by atoms with Crippen molar-refractivity contribution in [1.82, 2.24) is 15.8 Å². The zero-order valence-electron chi connectivity index (χ0n) is 11.4. The second kappa shape index (κ2) is 4.39. The molecule has 0 radical (unpaired) electrons. The number of carbonyl (C=O) groups is 1. The van der Waals surface area contributed by atoms with E-state index in [-0.39, 0.29) is 28.8 Å². The number of carbonyl (C=O) groups excluding carboxylic acids is 1. The van der Waals surface area contributed by atoms with Gasteiger partial charge in [0.1, 0.15) is 0 Å². The van der Waals surface area contributed by atoms with E-state index in [1.54, 1.807) is 6.07 Å². The number of amides is 1. The molecule has 0 unspecified atom stereocenters. The summed E-state index contributed by atoms with van der Waals surface area (Å²) in [6.07, 6.45) is 3.28. The Bertz CT molecular complexity index is 407. The molecule has 0 atom stereocenters. The minimum atomic E-state index is -0.189. The fraction of sp³-hybridized carbons (Fsp3) is 0.692. The smallest absolute Gasteiger partial charge is 0.290 e. The molecule has 0 bridgehead atoms. The third-order valence-electron chi connectivity index (χ3n) is 3.19. The third kappa shape index (κ3) is 3.10. The van der Waals surface area contributed by atoms with Crippen LogP contribution in [-0.2, 0) is 0 Å². The number of hydrogen-bond acceptors (Lipinski definition) is 4. The van der Waals surface area contributed by atoms with Crippen LogP contribution in [0.3, 0.4) is 0 Å². The summed E-state index contributed by atoms with van der Waals surface area (Å²) in [5.41, 5.74) is 0.0300. The molecule has 1 amide bonds. The maximum absolute atomic E-state index is 11.9. The quantitative estimate of drug-likeness (QED) is 0.839. The van der Waals surface area contributed by atoms with Crippen molar-refractivity contribution in [2.75, 3.05) is 0 Å². The first-order chi connectivity index (χ1) is 8.27. The molecular formula is C13H21N3O2. The molecule has 2 rings (SSSR count). The van der Waals surface area contributed by atoms with Crippen LogP contribution in [0.5, 0.6) is 0 Å². The largest absolute Gasteiger partial charge is 0.351 e. The third-order valence-corrected chi connectivity index (χ3v) is 3.19. The van der Waals surface area contributed by atoms with Gasteiger partial charge >= 0.3 is 0 Å². The molecule has 1 fully saturated rings. The summed E-state index contributed by atoms with van der Waals surface area (Å²) in [7, 11) is 0. The summed E-state index contributed by atoms with van der Waals surface area (Å²) >= 11 is 0. The van der Waals surface area contributed by atoms with Crippen molar-refractivity contribution in [1.29, 1.82) is 0 Å². The van der Waals surface area contributed by atoms with Gasteiger partial charge in [-0.05, 0) is 40.5 Å². The van der Waals surface area contributed by atoms with E-state index in [4.69, 9.17) is 4.52 Å². The van der Waals surface area contributed by atoms with Crippen LogP contribution in [0, 0.1) is 0 Å². The van der Waals surface area contributed by atoms with Crippen molar-refractivity contribution in [2.45, 2.75) is 57.7 Å². The maximum Gasteiger partial charge on any atom is 0.290 e. The second-order valence-electron chi connectivity index (χ2n) is 6.35. The molecule has 1 saturated heterocycles. The molecule has 5 nitrogen and oxygen atoms in total. The summed E-state index contributed by atoms with van der Waals surface area (Å²) in [4.78, 5) is 11.9. The molecule has 2 heterocycles. The maximum atomic E-state index is 11.9. The molecule has 2 N–H and O–H groups in total. The van der Waals surface area contributed by atoms with Crippen LogP contribution in [0.15, 0.2) is 16.8 Å². The van der Waals surface area contributed by atoms with E-state index in [2.05, 4.69) is 43.5 Å². The molecule has 18 heavy (non-hydrogen) atoms. The Morgan fingerprint density at radius 1 is 1.39 bits per heavy atom. The molecule has 0 saturated carbocycles. The summed E-state index contributed by atoms with van der Waals surface area (Å²) in [5.74, 6) is 0.0788. The van der Waals surface area contributed by atoms with Crippen molar-refractivity contribution in [3.63, 3.8) is 0 Å². The lowest BCUT2D eigenvalue weighted by molar-refractivity contribution is 0.0837. The highest BCUT2D eigenvalue weighted by Gasteiger charge is 2.38. The SMILES string of the molecule is CC1(C)CC(NC(=O)c2ccno2)CC(C)(C)N1. The van der Waals surface area contributed by atoms with Crippen LogP contribution in [0.2, 0.25) is 0 Å². The van der Waals surface area contributed by atoms with Crippen LogP contribution in [-0.4, -0.2) is 28.2 Å². The minimum Gasteiger partial charge on any atom is -0.351 e. The predicted molar refractivity (Wildman–Crippen MR) is 68.3 cm³/mol. The molecule has 1 aromatic rings. The predicted octanol–water partition coefficient (Wildman–Crippen LogP) is 1.71. The Morgan fingerprint density at radius 2 is 2.00 bits per heavy atom. The van der Waals surface area contributed by atoms with Gasteiger partial charge in [-0.2, -0.15) is 0 Å². The van der Waals surface area contributed by atoms with Gasteiger partial charge in [-0.1, -0.05) is 5.16 Å². The standard InChI is InChI=1S/C13H21N3O2/c1-12(2)7-9(8-13(3,4)16-12)15-11(17)10-5-6-14-18-10/h5-6,9,16H,7-8H2,1-4H3,(H,15,17). The van der Waals surface area contributed by atoms with E-state index in [1.807, 2.05) is 0 Å². The fourth-order valence-electron chi connectivity index (χ4n) is 3.01. The Hall–Kier alpha value is -1.36. The van der Waals surface area contributed by atoms with Crippen LogP contribution < -0.4 is 10.6 Å². The van der Waals surface area contributed by atoms with Gasteiger partial charge in [-0.15, -0.1) is 0 Å². The van der Waals surface area contributed by atoms with Crippen LogP contribution in [0.4, 0.5) is 0 Å². The van der Waals surface area contributed by atoms with E-state index in [0.717, 1.165) is 12.8 Å². The van der Waals surface area contributed by atoms with Crippen LogP contribution in [0.25, 0.3) is 0 Å². The van der Waals surface area contributed by atoms with Gasteiger partial charge in [0, 0.05) is 23.2 Å². The number of hydrogen-bond donors (Lipinski definition) is 2. The Labute approximate surface area is 107 Å². The highest BCUT2D eigenvalue weighted by molar-refractivity contribution is 5.91. The van der Waals surface area contributed by atoms with Crippen molar-refractivity contribution in [3.05, 3.63) is 18.0 Å². The van der Waals surface area contributed by atoms with E-state index in [0.29, 0.717) is 0 Å². The van der Waals surface area contributed by atoms with E-state index >= 15 is 0 Å². The molecule has 100 valence electrons. The number of rotatable bonds is 2. The zero-order valence-corrected chi connectivity index (χ0v) is 11.4. The first-order valence-corrected chi connectivity index (χ1v) is 6.28. The molecule has 1 aliphatic heterocycles. The molecule has 5 heteroatoms. The Balaban J connectivity index is 2.03. The highest BCUT2D eigenvalue weighted by Crippen LogP contribution is 2.28. The lowest BCUT2D eigenvalue weighted by Crippen LogP contribution is -2.62. The lowest BCUT2D eigenvalue weighted by Gasteiger charge is -2.46. The second-order valence-corrected chi connectivity index (χ2v) is 6.35. The first kappa shape index (κ1) is 13.1. The van der Waals surface area contributed by atoms with Crippen molar-refractivity contribution in [2.24, 2.45) is 0 Å². The molecule has 1 aromatic heterocycles. The number of aromatic nitrogens is 1. The summed E-state index contributed by atoms with van der Waals surface area (Å²) < 4.78 is 4.86. The van der Waals surface area contributed by atoms with Crippen molar-refractivity contribution < 1.29 is 9.32 Å². The van der Waals surface area contributed by atoms with Gasteiger partial charge in [0.25, 0.3) is 5.91 Å². The molecule has 1 aliphatic rings. The number of piperidine rings is 1. The fourth-order valence-corrected chi connectivity index (χ4v) is 3.01. The van der Waals surface area contributed by atoms with Crippen LogP contribution in [0.1, 0.15) is 51.1 Å². The summed E-state index contributed by atoms with van der Waals surface area (Å²) in [6.45, 7) is 8.62. The van der Waals surface area contributed by atoms with E-state index < -0.39 is 0 Å². The average Bonchev–Trinajstić information content (AvgIpc) is 2.63. The summed E-state index contributed by atoms with van der Waals surface area (Å²) in [6, 6.07) is 1.72. The van der Waals surface area contributed by atoms with Gasteiger partial charge in [0.15, 0.2) is 0 Å². The Kier molecular flexibility index (Phi) is 3.19. The van der Waals surface area contributed by atoms with Gasteiger partial charge in [0.2, 0.25) is 5.76 Å². The minimum absolute atomic E-state index is 0.0150. The number of nitrogens with one attached hydrogen (secondary N) is 2. The molecular weight excluding hydrogens is 230 g/mol. The molecule has 0 aliphatic carbocycles. The van der Waals surface area contributed by atoms with Crippen molar-refractivity contribution >= 4 is 5.91 Å². The number of nitrogens with zero attached hydrogens (tertiary/aromatic N) is 1. The average molecular weight is 251 g/mol. The molecule has 0 aromatic carbocycles. The monoisotopic (exact) mass is 251 g/mol. The lowest BCUT2D eigenvalue weighted by atomic mass is 9.79. The zero-order chi connectivity index (χ0) is 13.4. The highest BCUT2D eigenvalue weighted by atomic mass is 16.5. The first-order valence-electron chi connectivity index (χ1n) is 6.28.